The Balaban J connectivity index is 3.28. The molecule has 18 heavy (non-hydrogen) atoms. The lowest BCUT2D eigenvalue weighted by molar-refractivity contribution is 0.396. The van der Waals surface area contributed by atoms with Crippen LogP contribution in [0, 0.1) is 18.8 Å². The summed E-state index contributed by atoms with van der Waals surface area (Å²) in [6.07, 6.45) is 16.7. The molecule has 0 heterocycles. The van der Waals surface area contributed by atoms with Gasteiger partial charge in [0, 0.05) is 0 Å². The number of rotatable bonds is 13. The Labute approximate surface area is 117 Å². The Kier molecular flexibility index (Phi) is 13.4. The molecule has 0 heteroatoms. The molecule has 0 aromatic rings. The Bertz CT molecular complexity index is 150. The van der Waals surface area contributed by atoms with Crippen molar-refractivity contribution in [3.8, 4) is 0 Å². The van der Waals surface area contributed by atoms with Crippen molar-refractivity contribution >= 4 is 0 Å². The van der Waals surface area contributed by atoms with Gasteiger partial charge in [0.1, 0.15) is 0 Å². The van der Waals surface area contributed by atoms with Gasteiger partial charge in [-0.15, -0.1) is 0 Å². The van der Waals surface area contributed by atoms with Crippen molar-refractivity contribution in [3.05, 3.63) is 6.92 Å². The van der Waals surface area contributed by atoms with E-state index in [1.54, 1.807) is 0 Å². The lowest BCUT2D eigenvalue weighted by atomic mass is 9.92. The summed E-state index contributed by atoms with van der Waals surface area (Å²) < 4.78 is 0. The van der Waals surface area contributed by atoms with Crippen LogP contribution in [0.25, 0.3) is 0 Å². The summed E-state index contributed by atoms with van der Waals surface area (Å²) in [5.41, 5.74) is 0. The Hall–Kier alpha value is 0. The van der Waals surface area contributed by atoms with Crippen molar-refractivity contribution in [1.29, 1.82) is 0 Å². The molecule has 0 N–H and O–H groups in total. The average molecular weight is 253 g/mol. The maximum Gasteiger partial charge on any atom is -0.0443 e. The maximum atomic E-state index is 3.92. The summed E-state index contributed by atoms with van der Waals surface area (Å²) in [6.45, 7) is 11.1. The van der Waals surface area contributed by atoms with Gasteiger partial charge in [0.25, 0.3) is 0 Å². The van der Waals surface area contributed by atoms with Crippen molar-refractivity contribution in [2.75, 3.05) is 0 Å². The van der Waals surface area contributed by atoms with Gasteiger partial charge in [0.15, 0.2) is 0 Å². The molecule has 0 aromatic heterocycles. The van der Waals surface area contributed by atoms with Crippen LogP contribution in [0.5, 0.6) is 0 Å². The Morgan fingerprint density at radius 3 is 1.72 bits per heavy atom. The van der Waals surface area contributed by atoms with Crippen molar-refractivity contribution in [2.24, 2.45) is 11.8 Å². The highest BCUT2D eigenvalue weighted by Crippen LogP contribution is 2.20. The number of unbranched alkanes of at least 4 members (excludes halogenated alkanes) is 5. The van der Waals surface area contributed by atoms with Gasteiger partial charge in [0.2, 0.25) is 0 Å². The van der Waals surface area contributed by atoms with E-state index in [2.05, 4.69) is 27.7 Å². The third kappa shape index (κ3) is 12.5. The predicted octanol–water partition coefficient (Wildman–Crippen LogP) is 6.79. The molecule has 0 aliphatic heterocycles. The Morgan fingerprint density at radius 1 is 0.667 bits per heavy atom. The van der Waals surface area contributed by atoms with Gasteiger partial charge in [-0.05, 0) is 11.8 Å². The molecule has 0 amide bonds. The maximum absolute atomic E-state index is 3.92. The lowest BCUT2D eigenvalue weighted by Gasteiger charge is -2.14. The first-order valence-electron chi connectivity index (χ1n) is 8.49. The second-order valence-electron chi connectivity index (χ2n) is 6.34. The first-order valence-corrected chi connectivity index (χ1v) is 8.49. The molecule has 2 unspecified atom stereocenters. The van der Waals surface area contributed by atoms with Gasteiger partial charge < -0.3 is 0 Å². The second kappa shape index (κ2) is 13.4. The van der Waals surface area contributed by atoms with E-state index in [1.807, 2.05) is 0 Å². The van der Waals surface area contributed by atoms with Crippen LogP contribution >= 0.6 is 0 Å². The molecule has 0 bridgehead atoms. The molecule has 0 aromatic carbocycles. The van der Waals surface area contributed by atoms with Crippen LogP contribution in [0.3, 0.4) is 0 Å². The van der Waals surface area contributed by atoms with Gasteiger partial charge >= 0.3 is 0 Å². The van der Waals surface area contributed by atoms with E-state index in [9.17, 15) is 0 Å². The van der Waals surface area contributed by atoms with Crippen molar-refractivity contribution < 1.29 is 0 Å². The molecule has 109 valence electrons. The third-order valence-corrected chi connectivity index (χ3v) is 4.14. The normalized spacial score (nSPS) is 14.7. The van der Waals surface area contributed by atoms with Gasteiger partial charge in [0.05, 0.1) is 0 Å². The topological polar surface area (TPSA) is 0 Å². The highest BCUT2D eigenvalue weighted by molar-refractivity contribution is 4.59. The van der Waals surface area contributed by atoms with Crippen LogP contribution in [0.2, 0.25) is 0 Å². The predicted molar refractivity (Wildman–Crippen MR) is 84.8 cm³/mol. The monoisotopic (exact) mass is 253 g/mol. The first-order chi connectivity index (χ1) is 8.70. The zero-order chi connectivity index (χ0) is 13.6. The van der Waals surface area contributed by atoms with Gasteiger partial charge in [-0.3, -0.25) is 0 Å². The molecule has 2 atom stereocenters. The van der Waals surface area contributed by atoms with E-state index in [1.165, 1.54) is 70.6 Å². The zero-order valence-corrected chi connectivity index (χ0v) is 13.3. The minimum atomic E-state index is 0.920. The van der Waals surface area contributed by atoms with Gasteiger partial charge in [-0.1, -0.05) is 105 Å². The molecule has 0 nitrogen and oxygen atoms in total. The van der Waals surface area contributed by atoms with Crippen LogP contribution in [0.15, 0.2) is 0 Å². The average Bonchev–Trinajstić information content (AvgIpc) is 2.36. The van der Waals surface area contributed by atoms with Crippen molar-refractivity contribution in [3.63, 3.8) is 0 Å². The minimum Gasteiger partial charge on any atom is -0.0654 e. The molecular formula is C18H37. The van der Waals surface area contributed by atoms with E-state index in [0.717, 1.165) is 18.3 Å². The highest BCUT2D eigenvalue weighted by atomic mass is 14.1. The van der Waals surface area contributed by atoms with Crippen molar-refractivity contribution in [2.45, 2.75) is 97.8 Å². The van der Waals surface area contributed by atoms with Crippen molar-refractivity contribution in [1.82, 2.24) is 0 Å². The molecule has 0 saturated heterocycles. The molecule has 0 aliphatic rings. The van der Waals surface area contributed by atoms with Crippen LogP contribution in [-0.4, -0.2) is 0 Å². The molecule has 0 saturated carbocycles. The fourth-order valence-electron chi connectivity index (χ4n) is 2.69. The smallest absolute Gasteiger partial charge is 0.0443 e. The number of hydrogen-bond donors (Lipinski definition) is 0. The molecule has 0 aliphatic carbocycles. The molecule has 1 radical (unpaired) electrons. The standard InChI is InChI=1S/C18H37/c1-5-7-9-10-11-14-18(4)16-12-15-17(3)13-8-6-2/h17-18H,2,5-16H2,1,3-4H3. The fourth-order valence-corrected chi connectivity index (χ4v) is 2.69. The molecule has 0 fully saturated rings. The van der Waals surface area contributed by atoms with Gasteiger partial charge in [-0.25, -0.2) is 0 Å². The summed E-state index contributed by atoms with van der Waals surface area (Å²) in [4.78, 5) is 0. The Morgan fingerprint density at radius 2 is 1.17 bits per heavy atom. The highest BCUT2D eigenvalue weighted by Gasteiger charge is 2.05. The minimum absolute atomic E-state index is 0.920. The van der Waals surface area contributed by atoms with E-state index in [-0.39, 0.29) is 0 Å². The lowest BCUT2D eigenvalue weighted by Crippen LogP contribution is -1.99. The molecular weight excluding hydrogens is 216 g/mol. The second-order valence-corrected chi connectivity index (χ2v) is 6.34. The summed E-state index contributed by atoms with van der Waals surface area (Å²) in [7, 11) is 0. The van der Waals surface area contributed by atoms with Crippen LogP contribution in [0.1, 0.15) is 97.8 Å². The van der Waals surface area contributed by atoms with E-state index < -0.39 is 0 Å². The summed E-state index contributed by atoms with van der Waals surface area (Å²) in [5, 5.41) is 0. The van der Waals surface area contributed by atoms with E-state index in [4.69, 9.17) is 0 Å². The summed E-state index contributed by atoms with van der Waals surface area (Å²) in [5.74, 6) is 1.87. The first kappa shape index (κ1) is 18.0. The van der Waals surface area contributed by atoms with Gasteiger partial charge in [-0.2, -0.15) is 0 Å². The van der Waals surface area contributed by atoms with Crippen LogP contribution in [0.4, 0.5) is 0 Å². The zero-order valence-electron chi connectivity index (χ0n) is 13.3. The van der Waals surface area contributed by atoms with Crippen LogP contribution < -0.4 is 0 Å². The molecule has 0 spiro atoms. The third-order valence-electron chi connectivity index (χ3n) is 4.14. The SMILES string of the molecule is [CH2]CCCC(C)CCCC(C)CCCCCCC. The summed E-state index contributed by atoms with van der Waals surface area (Å²) >= 11 is 0. The quantitative estimate of drug-likeness (QED) is 0.317. The number of hydrogen-bond acceptors (Lipinski definition) is 0. The molecule has 0 rings (SSSR count). The van der Waals surface area contributed by atoms with E-state index >= 15 is 0 Å². The van der Waals surface area contributed by atoms with Crippen LogP contribution in [-0.2, 0) is 0 Å². The largest absolute Gasteiger partial charge is 0.0654 e. The summed E-state index contributed by atoms with van der Waals surface area (Å²) in [6, 6.07) is 0. The fraction of sp³-hybridized carbons (Fsp3) is 0.944. The van der Waals surface area contributed by atoms with E-state index in [0.29, 0.717) is 0 Å².